The summed E-state index contributed by atoms with van der Waals surface area (Å²) in [5.74, 6) is 0. The van der Waals surface area contributed by atoms with Crippen molar-refractivity contribution in [1.82, 2.24) is 0 Å². The highest BCUT2D eigenvalue weighted by atomic mass is 28.3. The molecule has 0 bridgehead atoms. The van der Waals surface area contributed by atoms with E-state index in [2.05, 4.69) is 53.8 Å². The van der Waals surface area contributed by atoms with E-state index in [1.165, 1.54) is 56.7 Å². The third-order valence-electron chi connectivity index (χ3n) is 7.87. The lowest BCUT2D eigenvalue weighted by molar-refractivity contribution is -0.110. The molecule has 4 heteroatoms. The summed E-state index contributed by atoms with van der Waals surface area (Å²) in [6.07, 6.45) is 15.5. The van der Waals surface area contributed by atoms with Crippen molar-refractivity contribution < 1.29 is 9.90 Å². The fourth-order valence-corrected chi connectivity index (χ4v) is 15.7. The quantitative estimate of drug-likeness (QED) is 0.110. The largest absolute Gasteiger partial charge is 0.384 e. The number of unbranched alkanes of at least 4 members (excludes halogenated alkanes) is 6. The molecule has 0 saturated carbocycles. The summed E-state index contributed by atoms with van der Waals surface area (Å²) in [5.41, 5.74) is 2.93. The van der Waals surface area contributed by atoms with Crippen molar-refractivity contribution >= 4 is 21.6 Å². The van der Waals surface area contributed by atoms with Crippen LogP contribution in [-0.2, 0) is 4.79 Å². The lowest BCUT2D eigenvalue weighted by Crippen LogP contribution is -2.46. The summed E-state index contributed by atoms with van der Waals surface area (Å²) >= 11 is 0. The van der Waals surface area contributed by atoms with Gasteiger partial charge in [0.15, 0.2) is 0 Å². The van der Waals surface area contributed by atoms with Gasteiger partial charge in [-0.15, -0.1) is 0 Å². The number of hydrogen-bond donors (Lipinski definition) is 1. The lowest BCUT2D eigenvalue weighted by atomic mass is 10.2. The van der Waals surface area contributed by atoms with Crippen LogP contribution in [0.3, 0.4) is 0 Å². The average Bonchev–Trinajstić information content (AvgIpc) is 2.86. The zero-order valence-corrected chi connectivity index (χ0v) is 26.0. The number of aliphatic hydroxyl groups excluding tert-OH is 1. The second-order valence-electron chi connectivity index (χ2n) is 10.9. The van der Waals surface area contributed by atoms with Crippen molar-refractivity contribution in [2.75, 3.05) is 0 Å². The molecular formula is C30H60O2Si2. The van der Waals surface area contributed by atoms with Crippen LogP contribution < -0.4 is 0 Å². The van der Waals surface area contributed by atoms with Crippen molar-refractivity contribution in [3.63, 3.8) is 0 Å². The van der Waals surface area contributed by atoms with Crippen molar-refractivity contribution in [3.05, 3.63) is 23.9 Å². The Bertz CT molecular complexity index is 527. The van der Waals surface area contributed by atoms with E-state index in [4.69, 9.17) is 0 Å². The number of carbonyl (C=O) groups is 1. The van der Waals surface area contributed by atoms with Crippen molar-refractivity contribution in [1.29, 1.82) is 0 Å². The SMILES string of the molecule is C=C(C(=O)[Si](CCCC)(CCCC)CCCC)C(O)C=C[Si](CCCC)(CCCC)CCCC. The summed E-state index contributed by atoms with van der Waals surface area (Å²) in [7, 11) is -3.74. The van der Waals surface area contributed by atoms with Gasteiger partial charge in [0.2, 0.25) is 0 Å². The molecule has 0 aromatic heterocycles. The molecule has 0 heterocycles. The molecule has 1 atom stereocenters. The highest BCUT2D eigenvalue weighted by molar-refractivity contribution is 7.08. The van der Waals surface area contributed by atoms with Crippen LogP contribution in [-0.4, -0.2) is 32.8 Å². The van der Waals surface area contributed by atoms with Crippen LogP contribution in [0.1, 0.15) is 119 Å². The first kappa shape index (κ1) is 33.5. The molecule has 0 saturated heterocycles. The molecule has 200 valence electrons. The maximum atomic E-state index is 13.9. The van der Waals surface area contributed by atoms with E-state index in [0.29, 0.717) is 5.57 Å². The summed E-state index contributed by atoms with van der Waals surface area (Å²) in [6.45, 7) is 17.8. The summed E-state index contributed by atoms with van der Waals surface area (Å²) < 4.78 is 0. The second kappa shape index (κ2) is 19.7. The second-order valence-corrected chi connectivity index (χ2v) is 20.0. The molecule has 0 radical (unpaired) electrons. The van der Waals surface area contributed by atoms with Gasteiger partial charge in [-0.25, -0.2) is 0 Å². The topological polar surface area (TPSA) is 37.3 Å². The van der Waals surface area contributed by atoms with Gasteiger partial charge in [0.05, 0.1) is 14.2 Å². The smallest absolute Gasteiger partial charge is 0.139 e. The van der Waals surface area contributed by atoms with Crippen molar-refractivity contribution in [3.8, 4) is 0 Å². The van der Waals surface area contributed by atoms with Gasteiger partial charge in [0, 0.05) is 5.57 Å². The monoisotopic (exact) mass is 508 g/mol. The average molecular weight is 509 g/mol. The van der Waals surface area contributed by atoms with E-state index in [9.17, 15) is 9.90 Å². The van der Waals surface area contributed by atoms with E-state index in [-0.39, 0.29) is 5.41 Å². The summed E-state index contributed by atoms with van der Waals surface area (Å²) in [4.78, 5) is 13.9. The Morgan fingerprint density at radius 2 is 1.00 bits per heavy atom. The van der Waals surface area contributed by atoms with E-state index in [1.807, 2.05) is 6.08 Å². The first-order valence-corrected chi connectivity index (χ1v) is 20.2. The molecule has 0 aliphatic carbocycles. The number of rotatable bonds is 23. The Balaban J connectivity index is 5.85. The maximum Gasteiger partial charge on any atom is 0.139 e. The predicted molar refractivity (Wildman–Crippen MR) is 159 cm³/mol. The van der Waals surface area contributed by atoms with Gasteiger partial charge in [0.25, 0.3) is 0 Å². The van der Waals surface area contributed by atoms with Gasteiger partial charge in [-0.05, 0) is 0 Å². The van der Waals surface area contributed by atoms with Crippen LogP contribution in [0.4, 0.5) is 0 Å². The van der Waals surface area contributed by atoms with Gasteiger partial charge in [0.1, 0.15) is 13.5 Å². The Kier molecular flexibility index (Phi) is 19.4. The summed E-state index contributed by atoms with van der Waals surface area (Å²) in [6, 6.07) is 7.15. The van der Waals surface area contributed by atoms with Gasteiger partial charge >= 0.3 is 0 Å². The van der Waals surface area contributed by atoms with E-state index >= 15 is 0 Å². The third kappa shape index (κ3) is 12.0. The Labute approximate surface area is 216 Å². The molecule has 0 aliphatic rings. The van der Waals surface area contributed by atoms with E-state index < -0.39 is 22.3 Å². The minimum Gasteiger partial charge on any atom is -0.384 e. The standard InChI is InChI=1S/C30H60O2Si2/c1-8-14-21-33(22-15-9-2,23-16-10-3)27-20-29(31)28(7)30(32)34(24-17-11-4,25-18-12-5)26-19-13-6/h20,27,29,31H,7-19,21-26H2,1-6H3. The minimum atomic E-state index is -2.15. The van der Waals surface area contributed by atoms with Crippen molar-refractivity contribution in [2.24, 2.45) is 0 Å². The molecule has 0 fully saturated rings. The molecule has 0 rings (SSSR count). The molecule has 1 unspecified atom stereocenters. The van der Waals surface area contributed by atoms with Gasteiger partial charge in [-0.3, -0.25) is 0 Å². The number of carbonyl (C=O) groups excluding carboxylic acids is 1. The number of aliphatic hydroxyl groups is 1. The Morgan fingerprint density at radius 1 is 0.676 bits per heavy atom. The molecule has 0 aromatic carbocycles. The zero-order valence-electron chi connectivity index (χ0n) is 24.0. The fourth-order valence-electron chi connectivity index (χ4n) is 5.36. The first-order chi connectivity index (χ1) is 16.3. The van der Waals surface area contributed by atoms with Crippen molar-refractivity contribution in [2.45, 2.75) is 161 Å². The van der Waals surface area contributed by atoms with E-state index in [0.717, 1.165) is 56.7 Å². The predicted octanol–water partition coefficient (Wildman–Crippen LogP) is 9.81. The zero-order chi connectivity index (χ0) is 25.9. The molecule has 34 heavy (non-hydrogen) atoms. The third-order valence-corrected chi connectivity index (χ3v) is 18.0. The van der Waals surface area contributed by atoms with Crippen LogP contribution in [0, 0.1) is 0 Å². The molecular weight excluding hydrogens is 449 g/mol. The number of hydrogen-bond acceptors (Lipinski definition) is 2. The highest BCUT2D eigenvalue weighted by Gasteiger charge is 2.41. The Hall–Kier alpha value is -0.456. The van der Waals surface area contributed by atoms with Gasteiger partial charge in [-0.1, -0.05) is 173 Å². The molecule has 0 aliphatic heterocycles. The lowest BCUT2D eigenvalue weighted by Gasteiger charge is -2.32. The molecule has 0 amide bonds. The summed E-state index contributed by atoms with van der Waals surface area (Å²) in [5, 5.41) is 11.5. The van der Waals surface area contributed by atoms with Crippen LogP contribution in [0.15, 0.2) is 23.9 Å². The molecule has 0 aromatic rings. The van der Waals surface area contributed by atoms with Crippen LogP contribution >= 0.6 is 0 Å². The fraction of sp³-hybridized carbons (Fsp3) is 0.833. The normalized spacial score (nSPS) is 13.5. The minimum absolute atomic E-state index is 0.281. The van der Waals surface area contributed by atoms with Crippen LogP contribution in [0.5, 0.6) is 0 Å². The maximum absolute atomic E-state index is 13.9. The first-order valence-electron chi connectivity index (χ1n) is 14.9. The highest BCUT2D eigenvalue weighted by Crippen LogP contribution is 2.33. The molecule has 1 N–H and O–H groups in total. The van der Waals surface area contributed by atoms with Gasteiger partial charge < -0.3 is 9.90 Å². The van der Waals surface area contributed by atoms with E-state index in [1.54, 1.807) is 0 Å². The molecule has 2 nitrogen and oxygen atoms in total. The molecule has 0 spiro atoms. The van der Waals surface area contributed by atoms with Crippen LogP contribution in [0.25, 0.3) is 0 Å². The van der Waals surface area contributed by atoms with Crippen LogP contribution in [0.2, 0.25) is 36.3 Å². The van der Waals surface area contributed by atoms with Gasteiger partial charge in [-0.2, -0.15) is 0 Å². The Morgan fingerprint density at radius 3 is 1.32 bits per heavy atom.